The zero-order valence-corrected chi connectivity index (χ0v) is 14.2. The molecule has 2 amide bonds. The summed E-state index contributed by atoms with van der Waals surface area (Å²) in [7, 11) is 1.61. The van der Waals surface area contributed by atoms with E-state index in [4.69, 9.17) is 4.74 Å². The van der Waals surface area contributed by atoms with Gasteiger partial charge >= 0.3 is 0 Å². The highest BCUT2D eigenvalue weighted by Crippen LogP contribution is 2.23. The van der Waals surface area contributed by atoms with Crippen molar-refractivity contribution in [2.24, 2.45) is 5.92 Å². The van der Waals surface area contributed by atoms with Crippen LogP contribution in [0.4, 0.5) is 0 Å². The summed E-state index contributed by atoms with van der Waals surface area (Å²) in [6.45, 7) is 5.28. The minimum absolute atomic E-state index is 0.103. The Morgan fingerprint density at radius 1 is 1.35 bits per heavy atom. The van der Waals surface area contributed by atoms with Gasteiger partial charge in [0.2, 0.25) is 11.8 Å². The maximum atomic E-state index is 12.6. The molecule has 0 radical (unpaired) electrons. The highest BCUT2D eigenvalue weighted by Gasteiger charge is 2.24. The zero-order valence-electron chi connectivity index (χ0n) is 14.2. The number of piperidine rings is 1. The smallest absolute Gasteiger partial charge is 0.224 e. The van der Waals surface area contributed by atoms with Crippen molar-refractivity contribution in [3.8, 4) is 5.75 Å². The van der Waals surface area contributed by atoms with E-state index < -0.39 is 0 Å². The third kappa shape index (κ3) is 4.98. The molecule has 1 heterocycles. The number of benzene rings is 1. The van der Waals surface area contributed by atoms with Crippen LogP contribution in [0.2, 0.25) is 0 Å². The van der Waals surface area contributed by atoms with Gasteiger partial charge in [-0.25, -0.2) is 0 Å². The average molecular weight is 318 g/mol. The minimum Gasteiger partial charge on any atom is -0.497 e. The van der Waals surface area contributed by atoms with Crippen LogP contribution in [-0.2, 0) is 9.59 Å². The molecule has 1 aliphatic heterocycles. The molecule has 1 aliphatic rings. The van der Waals surface area contributed by atoms with E-state index in [0.717, 1.165) is 30.8 Å². The van der Waals surface area contributed by atoms with Crippen molar-refractivity contribution in [1.29, 1.82) is 0 Å². The molecule has 126 valence electrons. The molecule has 2 atom stereocenters. The highest BCUT2D eigenvalue weighted by molar-refractivity contribution is 5.79. The summed E-state index contributed by atoms with van der Waals surface area (Å²) in [4.78, 5) is 26.0. The average Bonchev–Trinajstić information content (AvgIpc) is 2.54. The summed E-state index contributed by atoms with van der Waals surface area (Å²) >= 11 is 0. The van der Waals surface area contributed by atoms with Crippen LogP contribution in [-0.4, -0.2) is 36.9 Å². The lowest BCUT2D eigenvalue weighted by atomic mass is 9.98. The molecule has 1 aromatic rings. The van der Waals surface area contributed by atoms with Crippen LogP contribution in [0.25, 0.3) is 0 Å². The van der Waals surface area contributed by atoms with Gasteiger partial charge in [0.05, 0.1) is 19.6 Å². The van der Waals surface area contributed by atoms with Crippen LogP contribution in [0.1, 0.15) is 44.7 Å². The van der Waals surface area contributed by atoms with Gasteiger partial charge in [-0.15, -0.1) is 0 Å². The highest BCUT2D eigenvalue weighted by atomic mass is 16.5. The first-order valence-corrected chi connectivity index (χ1v) is 8.18. The number of likely N-dealkylation sites (tertiary alicyclic amines) is 1. The van der Waals surface area contributed by atoms with Crippen molar-refractivity contribution < 1.29 is 14.3 Å². The lowest BCUT2D eigenvalue weighted by Gasteiger charge is -2.32. The largest absolute Gasteiger partial charge is 0.497 e. The Hall–Kier alpha value is -2.04. The van der Waals surface area contributed by atoms with E-state index in [0.29, 0.717) is 12.3 Å². The van der Waals surface area contributed by atoms with Gasteiger partial charge in [-0.2, -0.15) is 0 Å². The molecule has 5 nitrogen and oxygen atoms in total. The lowest BCUT2D eigenvalue weighted by Crippen LogP contribution is -2.41. The van der Waals surface area contributed by atoms with Crippen LogP contribution in [0.15, 0.2) is 24.3 Å². The summed E-state index contributed by atoms with van der Waals surface area (Å²) in [5.41, 5.74) is 0.916. The predicted octanol–water partition coefficient (Wildman–Crippen LogP) is 2.52. The Morgan fingerprint density at radius 2 is 2.04 bits per heavy atom. The SMILES string of the molecule is COc1ccc(C(CC(=O)N2CCCC(C)C2)NC(C)=O)cc1. The van der Waals surface area contributed by atoms with Gasteiger partial charge in [0, 0.05) is 20.0 Å². The second-order valence-electron chi connectivity index (χ2n) is 6.32. The molecule has 5 heteroatoms. The first kappa shape index (κ1) is 17.3. The standard InChI is InChI=1S/C18H26N2O3/c1-13-5-4-10-20(12-13)18(22)11-17(19-14(2)21)15-6-8-16(23-3)9-7-15/h6-9,13,17H,4-5,10-12H2,1-3H3,(H,19,21). The van der Waals surface area contributed by atoms with Crippen molar-refractivity contribution in [1.82, 2.24) is 10.2 Å². The molecule has 2 rings (SSSR count). The summed E-state index contributed by atoms with van der Waals surface area (Å²) in [5.74, 6) is 1.27. The Kier molecular flexibility index (Phi) is 6.02. The van der Waals surface area contributed by atoms with Crippen LogP contribution in [0.5, 0.6) is 5.75 Å². The van der Waals surface area contributed by atoms with E-state index in [9.17, 15) is 9.59 Å². The van der Waals surface area contributed by atoms with Crippen molar-refractivity contribution in [3.05, 3.63) is 29.8 Å². The van der Waals surface area contributed by atoms with Crippen LogP contribution < -0.4 is 10.1 Å². The van der Waals surface area contributed by atoms with E-state index in [-0.39, 0.29) is 17.9 Å². The van der Waals surface area contributed by atoms with Crippen molar-refractivity contribution >= 4 is 11.8 Å². The fourth-order valence-electron chi connectivity index (χ4n) is 3.05. The van der Waals surface area contributed by atoms with Crippen LogP contribution in [0, 0.1) is 5.92 Å². The topological polar surface area (TPSA) is 58.6 Å². The molecule has 1 aromatic carbocycles. The van der Waals surface area contributed by atoms with Crippen molar-refractivity contribution in [2.75, 3.05) is 20.2 Å². The molecule has 1 N–H and O–H groups in total. The number of rotatable bonds is 5. The Labute approximate surface area is 138 Å². The number of carbonyl (C=O) groups is 2. The molecule has 0 saturated carbocycles. The lowest BCUT2D eigenvalue weighted by molar-refractivity contribution is -0.133. The Bertz CT molecular complexity index is 542. The first-order valence-electron chi connectivity index (χ1n) is 8.18. The summed E-state index contributed by atoms with van der Waals surface area (Å²) in [6, 6.07) is 7.18. The molecule has 0 aromatic heterocycles. The van der Waals surface area contributed by atoms with Gasteiger partial charge in [-0.3, -0.25) is 9.59 Å². The van der Waals surface area contributed by atoms with E-state index in [1.165, 1.54) is 13.3 Å². The fraction of sp³-hybridized carbons (Fsp3) is 0.556. The maximum Gasteiger partial charge on any atom is 0.224 e. The van der Waals surface area contributed by atoms with Crippen LogP contribution in [0.3, 0.4) is 0 Å². The summed E-state index contributed by atoms with van der Waals surface area (Å²) in [5, 5.41) is 2.89. The number of carbonyl (C=O) groups excluding carboxylic acids is 2. The molecule has 0 bridgehead atoms. The quantitative estimate of drug-likeness (QED) is 0.907. The second-order valence-corrected chi connectivity index (χ2v) is 6.32. The normalized spacial score (nSPS) is 19.1. The molecule has 0 aliphatic carbocycles. The number of amides is 2. The number of nitrogens with zero attached hydrogens (tertiary/aromatic N) is 1. The molecule has 2 unspecified atom stereocenters. The van der Waals surface area contributed by atoms with Gasteiger partial charge in [0.1, 0.15) is 5.75 Å². The predicted molar refractivity (Wildman–Crippen MR) is 89.1 cm³/mol. The fourth-order valence-corrected chi connectivity index (χ4v) is 3.05. The third-order valence-corrected chi connectivity index (χ3v) is 4.28. The molecule has 0 spiro atoms. The second kappa shape index (κ2) is 7.99. The molecular weight excluding hydrogens is 292 g/mol. The number of methoxy groups -OCH3 is 1. The number of nitrogens with one attached hydrogen (secondary N) is 1. The van der Waals surface area contributed by atoms with E-state index in [1.54, 1.807) is 7.11 Å². The van der Waals surface area contributed by atoms with E-state index in [1.807, 2.05) is 29.2 Å². The Balaban J connectivity index is 2.08. The van der Waals surface area contributed by atoms with Crippen LogP contribution >= 0.6 is 0 Å². The molecule has 1 fully saturated rings. The monoisotopic (exact) mass is 318 g/mol. The van der Waals surface area contributed by atoms with Crippen molar-refractivity contribution in [3.63, 3.8) is 0 Å². The minimum atomic E-state index is -0.303. The van der Waals surface area contributed by atoms with Gasteiger partial charge in [0.15, 0.2) is 0 Å². The van der Waals surface area contributed by atoms with Gasteiger partial charge < -0.3 is 15.0 Å². The Morgan fingerprint density at radius 3 is 2.61 bits per heavy atom. The number of hydrogen-bond acceptors (Lipinski definition) is 3. The number of ether oxygens (including phenoxy) is 1. The maximum absolute atomic E-state index is 12.6. The van der Waals surface area contributed by atoms with Gasteiger partial charge in [0.25, 0.3) is 0 Å². The molecule has 1 saturated heterocycles. The third-order valence-electron chi connectivity index (χ3n) is 4.28. The van der Waals surface area contributed by atoms with Crippen molar-refractivity contribution in [2.45, 2.75) is 39.2 Å². The van der Waals surface area contributed by atoms with Gasteiger partial charge in [-0.05, 0) is 36.5 Å². The molecular formula is C18H26N2O3. The van der Waals surface area contributed by atoms with E-state index in [2.05, 4.69) is 12.2 Å². The zero-order chi connectivity index (χ0) is 16.8. The number of hydrogen-bond donors (Lipinski definition) is 1. The summed E-state index contributed by atoms with van der Waals surface area (Å²) in [6.07, 6.45) is 2.52. The first-order chi connectivity index (χ1) is 11.0. The van der Waals surface area contributed by atoms with E-state index >= 15 is 0 Å². The van der Waals surface area contributed by atoms with Gasteiger partial charge in [-0.1, -0.05) is 19.1 Å². The molecule has 23 heavy (non-hydrogen) atoms. The summed E-state index contributed by atoms with van der Waals surface area (Å²) < 4.78 is 5.16.